The van der Waals surface area contributed by atoms with Crippen LogP contribution < -0.4 is 20.1 Å². The normalized spacial score (nSPS) is 15.3. The van der Waals surface area contributed by atoms with Crippen LogP contribution in [0.25, 0.3) is 0 Å². The van der Waals surface area contributed by atoms with Gasteiger partial charge in [0.25, 0.3) is 0 Å². The molecule has 0 bridgehead atoms. The van der Waals surface area contributed by atoms with Gasteiger partial charge in [-0.2, -0.15) is 0 Å². The fourth-order valence-corrected chi connectivity index (χ4v) is 3.05. The summed E-state index contributed by atoms with van der Waals surface area (Å²) in [6.07, 6.45) is 3.18. The van der Waals surface area contributed by atoms with Crippen molar-refractivity contribution in [1.82, 2.24) is 10.6 Å². The van der Waals surface area contributed by atoms with E-state index in [2.05, 4.69) is 15.6 Å². The smallest absolute Gasteiger partial charge is 0.191 e. The van der Waals surface area contributed by atoms with Gasteiger partial charge in [-0.05, 0) is 49.8 Å². The molecule has 0 spiro atoms. The van der Waals surface area contributed by atoms with Crippen LogP contribution in [0.1, 0.15) is 31.7 Å². The second kappa shape index (κ2) is 13.2. The number of nitrogens with one attached hydrogen (secondary N) is 2. The van der Waals surface area contributed by atoms with Crippen molar-refractivity contribution in [1.29, 1.82) is 0 Å². The van der Waals surface area contributed by atoms with Gasteiger partial charge in [0, 0.05) is 46.6 Å². The second-order valence-corrected chi connectivity index (χ2v) is 6.75. The number of guanidine groups is 1. The Kier molecular flexibility index (Phi) is 10.5. The Balaban J connectivity index is 1.63. The topological polar surface area (TPSA) is 73.3 Å². The summed E-state index contributed by atoms with van der Waals surface area (Å²) in [4.78, 5) is 4.27. The molecule has 0 aliphatic carbocycles. The molecule has 0 unspecified atom stereocenters. The third kappa shape index (κ3) is 7.94. The number of ether oxygens (including phenoxy) is 4. The third-order valence-corrected chi connectivity index (χ3v) is 4.66. The van der Waals surface area contributed by atoms with Crippen LogP contribution in [-0.4, -0.2) is 59.7 Å². The van der Waals surface area contributed by atoms with Crippen LogP contribution in [0.5, 0.6) is 11.5 Å². The van der Waals surface area contributed by atoms with E-state index in [0.29, 0.717) is 19.1 Å². The van der Waals surface area contributed by atoms with Gasteiger partial charge >= 0.3 is 0 Å². The molecule has 7 nitrogen and oxygen atoms in total. The van der Waals surface area contributed by atoms with Crippen LogP contribution in [0.3, 0.4) is 0 Å². The average Bonchev–Trinajstić information content (AvgIpc) is 2.74. The van der Waals surface area contributed by atoms with Gasteiger partial charge in [-0.15, -0.1) is 0 Å². The first-order valence-electron chi connectivity index (χ1n) is 10.2. The molecule has 0 radical (unpaired) electrons. The van der Waals surface area contributed by atoms with Gasteiger partial charge in [0.05, 0.1) is 13.7 Å². The van der Waals surface area contributed by atoms with Gasteiger partial charge in [-0.1, -0.05) is 6.07 Å². The zero-order valence-electron chi connectivity index (χ0n) is 17.5. The van der Waals surface area contributed by atoms with Crippen LogP contribution >= 0.6 is 0 Å². The minimum atomic E-state index is 0.604. The molecule has 0 atom stereocenters. The van der Waals surface area contributed by atoms with Crippen molar-refractivity contribution in [2.45, 2.75) is 32.7 Å². The molecule has 0 amide bonds. The maximum atomic E-state index is 5.79. The van der Waals surface area contributed by atoms with E-state index in [9.17, 15) is 0 Å². The number of hydrogen-bond donors (Lipinski definition) is 2. The summed E-state index contributed by atoms with van der Waals surface area (Å²) >= 11 is 0. The summed E-state index contributed by atoms with van der Waals surface area (Å²) in [7, 11) is 3.42. The molecule has 158 valence electrons. The standard InChI is InChI=1S/C21H35N3O4/c1-4-28-20-14-18(6-7-19(20)25-3)15-24-21(22-2)23-10-5-11-27-16-17-8-12-26-13-9-17/h6-7,14,17H,4-5,8-13,15-16H2,1-3H3,(H2,22,23,24). The minimum absolute atomic E-state index is 0.604. The maximum absolute atomic E-state index is 5.79. The predicted molar refractivity (Wildman–Crippen MR) is 111 cm³/mol. The molecule has 2 N–H and O–H groups in total. The van der Waals surface area contributed by atoms with Crippen molar-refractivity contribution in [3.05, 3.63) is 23.8 Å². The molecule has 7 heteroatoms. The van der Waals surface area contributed by atoms with Gasteiger partial charge < -0.3 is 29.6 Å². The summed E-state index contributed by atoms with van der Waals surface area (Å²) in [6.45, 7) is 7.39. The van der Waals surface area contributed by atoms with E-state index in [1.165, 1.54) is 0 Å². The zero-order valence-corrected chi connectivity index (χ0v) is 17.5. The Morgan fingerprint density at radius 3 is 2.75 bits per heavy atom. The van der Waals surface area contributed by atoms with Crippen molar-refractivity contribution >= 4 is 5.96 Å². The van der Waals surface area contributed by atoms with Gasteiger partial charge in [0.2, 0.25) is 0 Å². The molecule has 28 heavy (non-hydrogen) atoms. The van der Waals surface area contributed by atoms with E-state index in [-0.39, 0.29) is 0 Å². The molecule has 1 aromatic carbocycles. The Labute approximate surface area is 168 Å². The number of rotatable bonds is 11. The van der Waals surface area contributed by atoms with E-state index in [1.54, 1.807) is 14.2 Å². The lowest BCUT2D eigenvalue weighted by Gasteiger charge is -2.21. The predicted octanol–water partition coefficient (Wildman–Crippen LogP) is 2.59. The Bertz CT molecular complexity index is 589. The summed E-state index contributed by atoms with van der Waals surface area (Å²) in [5.41, 5.74) is 1.10. The van der Waals surface area contributed by atoms with E-state index >= 15 is 0 Å². The number of aliphatic imine (C=N–C) groups is 1. The van der Waals surface area contributed by atoms with Crippen LogP contribution in [0.15, 0.2) is 23.2 Å². The Morgan fingerprint density at radius 1 is 1.21 bits per heavy atom. The highest BCUT2D eigenvalue weighted by molar-refractivity contribution is 5.79. The molecule has 0 saturated carbocycles. The molecule has 1 heterocycles. The SMILES string of the molecule is CCOc1cc(CNC(=NC)NCCCOCC2CCOCC2)ccc1OC. The fourth-order valence-electron chi connectivity index (χ4n) is 3.05. The average molecular weight is 394 g/mol. The van der Waals surface area contributed by atoms with Crippen molar-refractivity contribution < 1.29 is 18.9 Å². The van der Waals surface area contributed by atoms with Gasteiger partial charge in [-0.25, -0.2) is 0 Å². The highest BCUT2D eigenvalue weighted by Crippen LogP contribution is 2.27. The number of nitrogens with zero attached hydrogens (tertiary/aromatic N) is 1. The van der Waals surface area contributed by atoms with E-state index in [0.717, 1.165) is 75.3 Å². The Morgan fingerprint density at radius 2 is 2.04 bits per heavy atom. The summed E-state index contributed by atoms with van der Waals surface area (Å²) in [5.74, 6) is 2.93. The van der Waals surface area contributed by atoms with Crippen LogP contribution in [-0.2, 0) is 16.0 Å². The maximum Gasteiger partial charge on any atom is 0.191 e. The number of hydrogen-bond acceptors (Lipinski definition) is 5. The van der Waals surface area contributed by atoms with E-state index < -0.39 is 0 Å². The lowest BCUT2D eigenvalue weighted by Crippen LogP contribution is -2.37. The molecule has 1 aliphatic heterocycles. The van der Waals surface area contributed by atoms with Crippen LogP contribution in [0, 0.1) is 5.92 Å². The second-order valence-electron chi connectivity index (χ2n) is 6.75. The van der Waals surface area contributed by atoms with Gasteiger partial charge in [0.1, 0.15) is 0 Å². The molecule has 1 fully saturated rings. The van der Waals surface area contributed by atoms with E-state index in [4.69, 9.17) is 18.9 Å². The van der Waals surface area contributed by atoms with Crippen molar-refractivity contribution in [2.24, 2.45) is 10.9 Å². The number of methoxy groups -OCH3 is 1. The summed E-state index contributed by atoms with van der Waals surface area (Å²) in [6, 6.07) is 5.94. The quantitative estimate of drug-likeness (QED) is 0.342. The van der Waals surface area contributed by atoms with Crippen LogP contribution in [0.2, 0.25) is 0 Å². The minimum Gasteiger partial charge on any atom is -0.493 e. The third-order valence-electron chi connectivity index (χ3n) is 4.66. The molecule has 1 saturated heterocycles. The summed E-state index contributed by atoms with van der Waals surface area (Å²) < 4.78 is 22.1. The van der Waals surface area contributed by atoms with Gasteiger partial charge in [-0.3, -0.25) is 4.99 Å². The largest absolute Gasteiger partial charge is 0.493 e. The lowest BCUT2D eigenvalue weighted by atomic mass is 10.0. The van der Waals surface area contributed by atoms with Crippen LogP contribution in [0.4, 0.5) is 0 Å². The first-order chi connectivity index (χ1) is 13.8. The molecular formula is C21H35N3O4. The van der Waals surface area contributed by atoms with Crippen molar-refractivity contribution in [2.75, 3.05) is 53.7 Å². The molecule has 0 aromatic heterocycles. The zero-order chi connectivity index (χ0) is 20.0. The van der Waals surface area contributed by atoms with E-state index in [1.807, 2.05) is 25.1 Å². The first kappa shape index (κ1) is 22.3. The summed E-state index contributed by atoms with van der Waals surface area (Å²) in [5, 5.41) is 6.65. The molecule has 1 aromatic rings. The monoisotopic (exact) mass is 393 g/mol. The Hall–Kier alpha value is -1.99. The van der Waals surface area contributed by atoms with Crippen molar-refractivity contribution in [3.63, 3.8) is 0 Å². The lowest BCUT2D eigenvalue weighted by molar-refractivity contribution is 0.0203. The highest BCUT2D eigenvalue weighted by atomic mass is 16.5. The first-order valence-corrected chi connectivity index (χ1v) is 10.2. The molecule has 2 rings (SSSR count). The highest BCUT2D eigenvalue weighted by Gasteiger charge is 2.13. The molecular weight excluding hydrogens is 358 g/mol. The van der Waals surface area contributed by atoms with Crippen molar-refractivity contribution in [3.8, 4) is 11.5 Å². The van der Waals surface area contributed by atoms with Gasteiger partial charge in [0.15, 0.2) is 17.5 Å². The number of benzene rings is 1. The molecule has 1 aliphatic rings. The fraction of sp³-hybridized carbons (Fsp3) is 0.667.